The van der Waals surface area contributed by atoms with Crippen LogP contribution in [-0.4, -0.2) is 28.0 Å². The molecule has 0 saturated heterocycles. The van der Waals surface area contributed by atoms with E-state index in [1.54, 1.807) is 10.9 Å². The maximum absolute atomic E-state index is 11.7. The Morgan fingerprint density at radius 1 is 1.62 bits per heavy atom. The number of nitrogens with one attached hydrogen (secondary N) is 1. The minimum atomic E-state index is -0.879. The Morgan fingerprint density at radius 3 is 2.88 bits per heavy atom. The van der Waals surface area contributed by atoms with E-state index in [0.29, 0.717) is 11.6 Å². The topological polar surface area (TPSA) is 79.3 Å². The van der Waals surface area contributed by atoms with Crippen LogP contribution in [-0.2, 0) is 4.79 Å². The molecule has 1 aromatic rings. The van der Waals surface area contributed by atoms with E-state index in [0.717, 1.165) is 12.8 Å². The molecule has 1 fully saturated rings. The third-order valence-electron chi connectivity index (χ3n) is 2.57. The summed E-state index contributed by atoms with van der Waals surface area (Å²) in [4.78, 5) is 26.2. The van der Waals surface area contributed by atoms with Crippen LogP contribution in [0.15, 0.2) is 10.9 Å². The van der Waals surface area contributed by atoms with E-state index in [2.05, 4.69) is 10.3 Å². The second kappa shape index (κ2) is 4.61. The molecule has 0 bridgehead atoms. The Hall–Kier alpha value is -1.43. The first-order valence-corrected chi connectivity index (χ1v) is 6.02. The van der Waals surface area contributed by atoms with Gasteiger partial charge in [-0.05, 0) is 18.8 Å². The molecule has 1 amide bonds. The molecule has 0 radical (unpaired) electrons. The Morgan fingerprint density at radius 2 is 2.38 bits per heavy atom. The lowest BCUT2D eigenvalue weighted by Gasteiger charge is -2.15. The van der Waals surface area contributed by atoms with Gasteiger partial charge >= 0.3 is 5.97 Å². The molecular weight excluding hydrogens is 228 g/mol. The normalized spacial score (nSPS) is 16.8. The van der Waals surface area contributed by atoms with Crippen molar-refractivity contribution in [2.24, 2.45) is 5.92 Å². The number of nitrogens with zero attached hydrogens (tertiary/aromatic N) is 1. The molecule has 1 heterocycles. The van der Waals surface area contributed by atoms with E-state index < -0.39 is 5.97 Å². The smallest absolute Gasteiger partial charge is 0.305 e. The van der Waals surface area contributed by atoms with E-state index in [-0.39, 0.29) is 18.4 Å². The summed E-state index contributed by atoms with van der Waals surface area (Å²) >= 11 is 1.34. The van der Waals surface area contributed by atoms with Gasteiger partial charge in [0.15, 0.2) is 0 Å². The van der Waals surface area contributed by atoms with Crippen LogP contribution in [0, 0.1) is 5.92 Å². The van der Waals surface area contributed by atoms with Gasteiger partial charge in [-0.3, -0.25) is 9.59 Å². The van der Waals surface area contributed by atoms with Crippen LogP contribution >= 0.6 is 11.3 Å². The van der Waals surface area contributed by atoms with Gasteiger partial charge in [0, 0.05) is 11.4 Å². The predicted molar refractivity (Wildman–Crippen MR) is 58.3 cm³/mol. The zero-order valence-electron chi connectivity index (χ0n) is 8.55. The molecule has 1 aliphatic carbocycles. The summed E-state index contributed by atoms with van der Waals surface area (Å²) in [6.07, 6.45) is 1.98. The number of carbonyl (C=O) groups excluding carboxylic acids is 1. The number of thiazole rings is 1. The first-order valence-electron chi connectivity index (χ1n) is 5.07. The highest BCUT2D eigenvalue weighted by Crippen LogP contribution is 2.34. The molecule has 1 saturated carbocycles. The van der Waals surface area contributed by atoms with Gasteiger partial charge in [0.25, 0.3) is 5.91 Å². The van der Waals surface area contributed by atoms with Crippen molar-refractivity contribution in [3.05, 3.63) is 16.6 Å². The lowest BCUT2D eigenvalue weighted by molar-refractivity contribution is -0.137. The molecule has 1 atom stereocenters. The fourth-order valence-electron chi connectivity index (χ4n) is 1.59. The maximum atomic E-state index is 11.7. The zero-order chi connectivity index (χ0) is 11.5. The Labute approximate surface area is 96.5 Å². The summed E-state index contributed by atoms with van der Waals surface area (Å²) in [5.41, 5.74) is 1.94. The third kappa shape index (κ3) is 2.79. The van der Waals surface area contributed by atoms with Crippen LogP contribution < -0.4 is 5.32 Å². The Kier molecular flexibility index (Phi) is 3.19. The summed E-state index contributed by atoms with van der Waals surface area (Å²) in [6, 6.07) is -0.258. The first kappa shape index (κ1) is 11.1. The summed E-state index contributed by atoms with van der Waals surface area (Å²) in [5, 5.41) is 13.1. The van der Waals surface area contributed by atoms with E-state index in [4.69, 9.17) is 5.11 Å². The van der Waals surface area contributed by atoms with Gasteiger partial charge in [0.1, 0.15) is 5.69 Å². The van der Waals surface area contributed by atoms with Crippen molar-refractivity contribution in [2.45, 2.75) is 25.3 Å². The molecule has 2 N–H and O–H groups in total. The Bertz CT molecular complexity index is 387. The van der Waals surface area contributed by atoms with Crippen molar-refractivity contribution in [1.82, 2.24) is 10.3 Å². The molecular formula is C10H12N2O3S. The summed E-state index contributed by atoms with van der Waals surface area (Å²) in [5.74, 6) is -0.839. The molecule has 0 spiro atoms. The van der Waals surface area contributed by atoms with E-state index >= 15 is 0 Å². The molecule has 0 unspecified atom stereocenters. The Balaban J connectivity index is 1.95. The van der Waals surface area contributed by atoms with Gasteiger partial charge in [-0.25, -0.2) is 4.98 Å². The fraction of sp³-hybridized carbons (Fsp3) is 0.500. The molecule has 0 aromatic carbocycles. The number of carbonyl (C=O) groups is 2. The molecule has 0 aliphatic heterocycles. The van der Waals surface area contributed by atoms with Crippen molar-refractivity contribution < 1.29 is 14.7 Å². The van der Waals surface area contributed by atoms with Crippen LogP contribution in [0.5, 0.6) is 0 Å². The van der Waals surface area contributed by atoms with Crippen molar-refractivity contribution in [3.8, 4) is 0 Å². The van der Waals surface area contributed by atoms with Gasteiger partial charge in [-0.1, -0.05) is 0 Å². The van der Waals surface area contributed by atoms with Crippen molar-refractivity contribution in [3.63, 3.8) is 0 Å². The number of amides is 1. The summed E-state index contributed by atoms with van der Waals surface area (Å²) in [6.45, 7) is 0. The average Bonchev–Trinajstić information content (AvgIpc) is 2.91. The minimum Gasteiger partial charge on any atom is -0.481 e. The highest BCUT2D eigenvalue weighted by Gasteiger charge is 2.34. The zero-order valence-corrected chi connectivity index (χ0v) is 9.37. The molecule has 1 aliphatic rings. The lowest BCUT2D eigenvalue weighted by Crippen LogP contribution is -2.38. The number of carboxylic acid groups (broad SMARTS) is 1. The lowest BCUT2D eigenvalue weighted by atomic mass is 10.1. The third-order valence-corrected chi connectivity index (χ3v) is 3.15. The van der Waals surface area contributed by atoms with Crippen molar-refractivity contribution in [1.29, 1.82) is 0 Å². The highest BCUT2D eigenvalue weighted by atomic mass is 32.1. The highest BCUT2D eigenvalue weighted by molar-refractivity contribution is 7.07. The quantitative estimate of drug-likeness (QED) is 0.808. The molecule has 6 heteroatoms. The van der Waals surface area contributed by atoms with Crippen LogP contribution in [0.25, 0.3) is 0 Å². The van der Waals surface area contributed by atoms with Crippen LogP contribution in [0.2, 0.25) is 0 Å². The number of rotatable bonds is 5. The second-order valence-electron chi connectivity index (χ2n) is 3.89. The molecule has 5 nitrogen and oxygen atoms in total. The van der Waals surface area contributed by atoms with Crippen LogP contribution in [0.4, 0.5) is 0 Å². The first-order chi connectivity index (χ1) is 7.66. The number of aliphatic carboxylic acids is 1. The van der Waals surface area contributed by atoms with E-state index in [1.165, 1.54) is 11.3 Å². The monoisotopic (exact) mass is 240 g/mol. The maximum Gasteiger partial charge on any atom is 0.305 e. The second-order valence-corrected chi connectivity index (χ2v) is 4.61. The number of carboxylic acids is 1. The standard InChI is InChI=1S/C10H12N2O3S/c13-9(14)3-7(6-1-2-6)12-10(15)8-4-16-5-11-8/h4-7H,1-3H2,(H,12,15)(H,13,14)/t7-/m1/s1. The number of aromatic nitrogens is 1. The minimum absolute atomic E-state index is 0.0133. The fourth-order valence-corrected chi connectivity index (χ4v) is 2.12. The predicted octanol–water partition coefficient (Wildman–Crippen LogP) is 1.13. The molecule has 2 rings (SSSR count). The van der Waals surface area contributed by atoms with Crippen LogP contribution in [0.1, 0.15) is 29.8 Å². The van der Waals surface area contributed by atoms with Gasteiger partial charge in [0.2, 0.25) is 0 Å². The van der Waals surface area contributed by atoms with Gasteiger partial charge in [0.05, 0.1) is 11.9 Å². The van der Waals surface area contributed by atoms with Crippen molar-refractivity contribution >= 4 is 23.2 Å². The number of hydrogen-bond acceptors (Lipinski definition) is 4. The SMILES string of the molecule is O=C(O)C[C@@H](NC(=O)c1cscn1)C1CC1. The van der Waals surface area contributed by atoms with E-state index in [9.17, 15) is 9.59 Å². The van der Waals surface area contributed by atoms with Crippen molar-refractivity contribution in [2.75, 3.05) is 0 Å². The van der Waals surface area contributed by atoms with Gasteiger partial charge < -0.3 is 10.4 Å². The molecule has 1 aromatic heterocycles. The summed E-state index contributed by atoms with van der Waals surface area (Å²) in [7, 11) is 0. The largest absolute Gasteiger partial charge is 0.481 e. The van der Waals surface area contributed by atoms with Gasteiger partial charge in [-0.15, -0.1) is 11.3 Å². The van der Waals surface area contributed by atoms with Crippen LogP contribution in [0.3, 0.4) is 0 Å². The number of hydrogen-bond donors (Lipinski definition) is 2. The van der Waals surface area contributed by atoms with Gasteiger partial charge in [-0.2, -0.15) is 0 Å². The average molecular weight is 240 g/mol. The van der Waals surface area contributed by atoms with E-state index in [1.807, 2.05) is 0 Å². The summed E-state index contributed by atoms with van der Waals surface area (Å²) < 4.78 is 0. The molecule has 86 valence electrons. The molecule has 16 heavy (non-hydrogen) atoms.